The van der Waals surface area contributed by atoms with E-state index in [1.807, 2.05) is 6.92 Å². The quantitative estimate of drug-likeness (QED) is 0.760. The molecule has 0 N–H and O–H groups in total. The van der Waals surface area contributed by atoms with Crippen LogP contribution in [0, 0.1) is 11.3 Å². The van der Waals surface area contributed by atoms with E-state index in [1.54, 1.807) is 6.08 Å². The summed E-state index contributed by atoms with van der Waals surface area (Å²) in [5, 5.41) is 0. The molecule has 0 bridgehead atoms. The third kappa shape index (κ3) is 2.17. The molecule has 0 spiro atoms. The van der Waals surface area contributed by atoms with Crippen molar-refractivity contribution in [2.45, 2.75) is 45.1 Å². The van der Waals surface area contributed by atoms with Gasteiger partial charge in [0, 0.05) is 23.7 Å². The van der Waals surface area contributed by atoms with Gasteiger partial charge in [0.05, 0.1) is 12.2 Å². The molecule has 2 nitrogen and oxygen atoms in total. The number of rotatable bonds is 5. The maximum absolute atomic E-state index is 11.9. The van der Waals surface area contributed by atoms with Crippen LogP contribution in [0.5, 0.6) is 0 Å². The molecule has 0 radical (unpaired) electrons. The van der Waals surface area contributed by atoms with Crippen molar-refractivity contribution in [2.75, 3.05) is 6.61 Å². The van der Waals surface area contributed by atoms with E-state index in [1.165, 1.54) is 5.56 Å². The summed E-state index contributed by atoms with van der Waals surface area (Å²) < 4.78 is 5.99. The van der Waals surface area contributed by atoms with Gasteiger partial charge in [0.2, 0.25) is 0 Å². The van der Waals surface area contributed by atoms with Crippen LogP contribution in [0.4, 0.5) is 0 Å². The zero-order valence-corrected chi connectivity index (χ0v) is 13.1. The van der Waals surface area contributed by atoms with Crippen molar-refractivity contribution in [2.24, 2.45) is 11.3 Å². The monoisotopic (exact) mass is 284 g/mol. The Morgan fingerprint density at radius 2 is 2.05 bits per heavy atom. The van der Waals surface area contributed by atoms with Gasteiger partial charge in [0.1, 0.15) is 0 Å². The van der Waals surface area contributed by atoms with Crippen molar-refractivity contribution < 1.29 is 9.53 Å². The zero-order valence-electron chi connectivity index (χ0n) is 13.1. The summed E-state index contributed by atoms with van der Waals surface area (Å²) in [7, 11) is 0. The highest BCUT2D eigenvalue weighted by Gasteiger charge is 2.74. The highest BCUT2D eigenvalue weighted by Crippen LogP contribution is 2.75. The minimum Gasteiger partial charge on any atom is -0.374 e. The first-order valence-corrected chi connectivity index (χ1v) is 7.94. The maximum Gasteiger partial charge on any atom is 0.155 e. The smallest absolute Gasteiger partial charge is 0.155 e. The van der Waals surface area contributed by atoms with Crippen LogP contribution in [0.1, 0.15) is 45.1 Å². The molecule has 112 valence electrons. The number of ether oxygens (including phenoxy) is 1. The van der Waals surface area contributed by atoms with E-state index < -0.39 is 0 Å². The molecule has 2 heteroatoms. The number of fused-ring (bicyclic) bond motifs is 1. The van der Waals surface area contributed by atoms with Crippen LogP contribution in [0.25, 0.3) is 0 Å². The van der Waals surface area contributed by atoms with Gasteiger partial charge < -0.3 is 4.74 Å². The minimum absolute atomic E-state index is 0.0161. The molecule has 3 atom stereocenters. The van der Waals surface area contributed by atoms with Gasteiger partial charge in [-0.3, -0.25) is 4.79 Å². The Labute approximate surface area is 127 Å². The van der Waals surface area contributed by atoms with Gasteiger partial charge in [0.25, 0.3) is 0 Å². The van der Waals surface area contributed by atoms with Crippen LogP contribution in [-0.2, 0) is 9.53 Å². The average Bonchev–Trinajstić information content (AvgIpc) is 3.06. The van der Waals surface area contributed by atoms with Crippen LogP contribution in [0.3, 0.4) is 0 Å². The third-order valence-electron chi connectivity index (χ3n) is 5.29. The molecule has 1 aromatic rings. The van der Waals surface area contributed by atoms with E-state index in [0.717, 1.165) is 13.0 Å². The SMILES string of the molecule is CCCC(=O)/C=C/[C@]12[C@H](COC1(C)C)[C@H]2c1ccccc1. The summed E-state index contributed by atoms with van der Waals surface area (Å²) in [5.41, 5.74) is 1.14. The van der Waals surface area contributed by atoms with Crippen LogP contribution < -0.4 is 0 Å². The summed E-state index contributed by atoms with van der Waals surface area (Å²) in [6.07, 6.45) is 5.49. The molecule has 1 aliphatic carbocycles. The lowest BCUT2D eigenvalue weighted by atomic mass is 9.83. The molecule has 2 fully saturated rings. The number of carbonyl (C=O) groups excluding carboxylic acids is 1. The molecule has 1 saturated heterocycles. The Hall–Kier alpha value is -1.41. The fourth-order valence-corrected chi connectivity index (χ4v) is 4.12. The summed E-state index contributed by atoms with van der Waals surface area (Å²) in [6, 6.07) is 10.6. The number of benzene rings is 1. The van der Waals surface area contributed by atoms with E-state index in [2.05, 4.69) is 50.3 Å². The molecule has 1 heterocycles. The first-order valence-electron chi connectivity index (χ1n) is 7.94. The Kier molecular flexibility index (Phi) is 3.53. The van der Waals surface area contributed by atoms with E-state index in [4.69, 9.17) is 4.74 Å². The second-order valence-corrected chi connectivity index (χ2v) is 6.80. The van der Waals surface area contributed by atoms with E-state index in [0.29, 0.717) is 18.3 Å². The van der Waals surface area contributed by atoms with Crippen molar-refractivity contribution >= 4 is 5.78 Å². The first-order chi connectivity index (χ1) is 10.0. The molecule has 1 saturated carbocycles. The first kappa shape index (κ1) is 14.5. The van der Waals surface area contributed by atoms with Crippen molar-refractivity contribution in [3.8, 4) is 0 Å². The summed E-state index contributed by atoms with van der Waals surface area (Å²) >= 11 is 0. The van der Waals surface area contributed by atoms with Crippen LogP contribution in [0.15, 0.2) is 42.5 Å². The molecule has 1 aliphatic heterocycles. The number of allylic oxidation sites excluding steroid dienone is 1. The number of carbonyl (C=O) groups is 1. The maximum atomic E-state index is 11.9. The molecule has 0 amide bonds. The molecule has 3 rings (SSSR count). The van der Waals surface area contributed by atoms with Gasteiger partial charge in [0.15, 0.2) is 5.78 Å². The molecular weight excluding hydrogens is 260 g/mol. The second-order valence-electron chi connectivity index (χ2n) is 6.80. The molecule has 1 aromatic carbocycles. The largest absolute Gasteiger partial charge is 0.374 e. The van der Waals surface area contributed by atoms with E-state index >= 15 is 0 Å². The molecule has 0 aromatic heterocycles. The fraction of sp³-hybridized carbons (Fsp3) is 0.526. The van der Waals surface area contributed by atoms with Gasteiger partial charge >= 0.3 is 0 Å². The van der Waals surface area contributed by atoms with Crippen LogP contribution in [-0.4, -0.2) is 18.0 Å². The Morgan fingerprint density at radius 3 is 2.71 bits per heavy atom. The molecule has 0 unspecified atom stereocenters. The normalized spacial score (nSPS) is 33.1. The van der Waals surface area contributed by atoms with E-state index in [-0.39, 0.29) is 16.8 Å². The summed E-state index contributed by atoms with van der Waals surface area (Å²) in [5.74, 6) is 1.21. The standard InChI is InChI=1S/C19H24O2/c1-4-8-15(20)11-12-19-16(13-21-18(19,2)3)17(19)14-9-6-5-7-10-14/h5-7,9-12,16-17H,4,8,13H2,1-3H3/b12-11+/t16-,17-,19-/m1/s1. The lowest BCUT2D eigenvalue weighted by molar-refractivity contribution is -0.114. The zero-order chi connectivity index (χ0) is 15.1. The van der Waals surface area contributed by atoms with Gasteiger partial charge in [-0.1, -0.05) is 43.3 Å². The minimum atomic E-state index is -0.207. The number of hydrogen-bond donors (Lipinski definition) is 0. The lowest BCUT2D eigenvalue weighted by Gasteiger charge is -2.30. The van der Waals surface area contributed by atoms with Gasteiger partial charge in [-0.05, 0) is 31.9 Å². The van der Waals surface area contributed by atoms with Gasteiger partial charge in [-0.2, -0.15) is 0 Å². The predicted octanol–water partition coefficient (Wildman–Crippen LogP) is 4.12. The van der Waals surface area contributed by atoms with Crippen LogP contribution in [0.2, 0.25) is 0 Å². The van der Waals surface area contributed by atoms with Crippen molar-refractivity contribution in [3.63, 3.8) is 0 Å². The Morgan fingerprint density at radius 1 is 1.33 bits per heavy atom. The topological polar surface area (TPSA) is 26.3 Å². The summed E-state index contributed by atoms with van der Waals surface area (Å²) in [6.45, 7) is 7.15. The molecule has 2 aliphatic rings. The fourth-order valence-electron chi connectivity index (χ4n) is 4.12. The molecular formula is C19H24O2. The second kappa shape index (κ2) is 5.10. The Balaban J connectivity index is 1.90. The van der Waals surface area contributed by atoms with Gasteiger partial charge in [-0.25, -0.2) is 0 Å². The van der Waals surface area contributed by atoms with Crippen LogP contribution >= 0.6 is 0 Å². The Bertz CT molecular complexity index is 558. The average molecular weight is 284 g/mol. The molecule has 21 heavy (non-hydrogen) atoms. The van der Waals surface area contributed by atoms with Crippen molar-refractivity contribution in [3.05, 3.63) is 48.0 Å². The highest BCUT2D eigenvalue weighted by atomic mass is 16.5. The third-order valence-corrected chi connectivity index (χ3v) is 5.29. The number of hydrogen-bond acceptors (Lipinski definition) is 2. The van der Waals surface area contributed by atoms with Gasteiger partial charge in [-0.15, -0.1) is 0 Å². The highest BCUT2D eigenvalue weighted by molar-refractivity contribution is 5.89. The van der Waals surface area contributed by atoms with Crippen molar-refractivity contribution in [1.82, 2.24) is 0 Å². The van der Waals surface area contributed by atoms with Crippen molar-refractivity contribution in [1.29, 1.82) is 0 Å². The summed E-state index contributed by atoms with van der Waals surface area (Å²) in [4.78, 5) is 11.9. The van der Waals surface area contributed by atoms with E-state index in [9.17, 15) is 4.79 Å². The lowest BCUT2D eigenvalue weighted by Crippen LogP contribution is -2.32. The predicted molar refractivity (Wildman–Crippen MR) is 84.2 cm³/mol. The number of ketones is 1.